The molecule has 0 aliphatic carbocycles. The molecule has 1 atom stereocenters. The van der Waals surface area contributed by atoms with Crippen LogP contribution in [0.15, 0.2) is 53.6 Å². The summed E-state index contributed by atoms with van der Waals surface area (Å²) in [6, 6.07) is 15.9. The molecular formula is C25H30N4O3. The zero-order chi connectivity index (χ0) is 22.7. The molecule has 32 heavy (non-hydrogen) atoms. The Kier molecular flexibility index (Phi) is 6.55. The number of benzene rings is 2. The zero-order valence-corrected chi connectivity index (χ0v) is 19.0. The predicted molar refractivity (Wildman–Crippen MR) is 124 cm³/mol. The predicted octanol–water partition coefficient (Wildman–Crippen LogP) is 2.85. The summed E-state index contributed by atoms with van der Waals surface area (Å²) < 4.78 is 5.27. The second-order valence-corrected chi connectivity index (χ2v) is 8.37. The van der Waals surface area contributed by atoms with E-state index in [1.807, 2.05) is 41.3 Å². The van der Waals surface area contributed by atoms with Gasteiger partial charge in [-0.15, -0.1) is 0 Å². The third-order valence-corrected chi connectivity index (χ3v) is 6.31. The lowest BCUT2D eigenvalue weighted by Crippen LogP contribution is -2.50. The first-order valence-electron chi connectivity index (χ1n) is 11.0. The lowest BCUT2D eigenvalue weighted by molar-refractivity contribution is -0.135. The van der Waals surface area contributed by atoms with E-state index in [-0.39, 0.29) is 17.9 Å². The van der Waals surface area contributed by atoms with Crippen molar-refractivity contribution in [3.05, 3.63) is 65.2 Å². The first kappa shape index (κ1) is 22.0. The quantitative estimate of drug-likeness (QED) is 0.726. The van der Waals surface area contributed by atoms with Crippen LogP contribution in [0.3, 0.4) is 0 Å². The molecule has 2 aromatic carbocycles. The van der Waals surface area contributed by atoms with Crippen molar-refractivity contribution in [3.8, 4) is 5.75 Å². The first-order valence-corrected chi connectivity index (χ1v) is 11.0. The molecule has 7 nitrogen and oxygen atoms in total. The van der Waals surface area contributed by atoms with Gasteiger partial charge < -0.3 is 9.64 Å². The molecule has 0 spiro atoms. The van der Waals surface area contributed by atoms with Gasteiger partial charge in [-0.25, -0.2) is 5.01 Å². The Balaban J connectivity index is 1.55. The van der Waals surface area contributed by atoms with Crippen molar-refractivity contribution in [2.24, 2.45) is 5.10 Å². The maximum absolute atomic E-state index is 13.4. The van der Waals surface area contributed by atoms with Gasteiger partial charge in [-0.1, -0.05) is 24.3 Å². The number of carbonyl (C=O) groups excluding carboxylic acids is 2. The summed E-state index contributed by atoms with van der Waals surface area (Å²) in [5.41, 5.74) is 4.16. The number of ether oxygens (including phenoxy) is 1. The number of hydrogen-bond acceptors (Lipinski definition) is 5. The van der Waals surface area contributed by atoms with E-state index in [9.17, 15) is 9.59 Å². The van der Waals surface area contributed by atoms with Gasteiger partial charge in [0, 0.05) is 39.5 Å². The minimum Gasteiger partial charge on any atom is -0.497 e. The number of hydrazone groups is 1. The van der Waals surface area contributed by atoms with E-state index in [4.69, 9.17) is 9.84 Å². The van der Waals surface area contributed by atoms with E-state index >= 15 is 0 Å². The van der Waals surface area contributed by atoms with Crippen molar-refractivity contribution < 1.29 is 14.3 Å². The summed E-state index contributed by atoms with van der Waals surface area (Å²) in [5.74, 6) is 0.863. The number of nitrogens with zero attached hydrogens (tertiary/aromatic N) is 4. The molecule has 0 aromatic heterocycles. The Labute approximate surface area is 189 Å². The van der Waals surface area contributed by atoms with E-state index in [1.165, 1.54) is 0 Å². The van der Waals surface area contributed by atoms with Crippen LogP contribution in [0.25, 0.3) is 0 Å². The van der Waals surface area contributed by atoms with Gasteiger partial charge in [-0.05, 0) is 47.9 Å². The topological polar surface area (TPSA) is 65.5 Å². The highest BCUT2D eigenvalue weighted by atomic mass is 16.5. The van der Waals surface area contributed by atoms with Crippen LogP contribution < -0.4 is 4.74 Å². The van der Waals surface area contributed by atoms with Gasteiger partial charge in [-0.2, -0.15) is 5.10 Å². The summed E-state index contributed by atoms with van der Waals surface area (Å²) in [7, 11) is 1.65. The molecule has 0 radical (unpaired) electrons. The van der Waals surface area contributed by atoms with Crippen LogP contribution in [0.5, 0.6) is 5.75 Å². The van der Waals surface area contributed by atoms with Crippen LogP contribution in [0.2, 0.25) is 0 Å². The Hall–Kier alpha value is -3.19. The maximum Gasteiger partial charge on any atom is 0.257 e. The SMILES string of the molecule is COc1ccc(C2=NN(C(=O)CN3CCN(C(C)=O)CC3)[C@H](c3ccccc3C)C2)cc1. The molecule has 1 saturated heterocycles. The van der Waals surface area contributed by atoms with Crippen LogP contribution in [-0.4, -0.2) is 72.2 Å². The highest BCUT2D eigenvalue weighted by Gasteiger charge is 2.34. The van der Waals surface area contributed by atoms with E-state index < -0.39 is 0 Å². The Bertz CT molecular complexity index is 1010. The fourth-order valence-electron chi connectivity index (χ4n) is 4.39. The molecule has 0 N–H and O–H groups in total. The second-order valence-electron chi connectivity index (χ2n) is 8.37. The minimum atomic E-state index is -0.126. The number of methoxy groups -OCH3 is 1. The average molecular weight is 435 g/mol. The summed E-state index contributed by atoms with van der Waals surface area (Å²) in [4.78, 5) is 28.9. The van der Waals surface area contributed by atoms with Gasteiger partial charge in [-0.3, -0.25) is 14.5 Å². The number of aryl methyl sites for hydroxylation is 1. The van der Waals surface area contributed by atoms with E-state index in [0.29, 0.717) is 39.1 Å². The molecule has 2 amide bonds. The third kappa shape index (κ3) is 4.67. The lowest BCUT2D eigenvalue weighted by atomic mass is 9.95. The van der Waals surface area contributed by atoms with Crippen molar-refractivity contribution >= 4 is 17.5 Å². The van der Waals surface area contributed by atoms with Gasteiger partial charge >= 0.3 is 0 Å². The molecule has 168 valence electrons. The first-order chi connectivity index (χ1) is 15.5. The highest BCUT2D eigenvalue weighted by Crippen LogP contribution is 2.34. The standard InChI is InChI=1S/C25H30N4O3/c1-18-6-4-5-7-22(18)24-16-23(20-8-10-21(32-3)11-9-20)26-29(24)25(31)17-27-12-14-28(15-13-27)19(2)30/h4-11,24H,12-17H2,1-3H3/t24-/m0/s1. The van der Waals surface area contributed by atoms with Gasteiger partial charge in [0.15, 0.2) is 0 Å². The zero-order valence-electron chi connectivity index (χ0n) is 19.0. The van der Waals surface area contributed by atoms with Crippen LogP contribution in [-0.2, 0) is 9.59 Å². The molecule has 2 aliphatic heterocycles. The Morgan fingerprint density at radius 2 is 1.72 bits per heavy atom. The molecule has 2 aliphatic rings. The van der Waals surface area contributed by atoms with Crippen LogP contribution >= 0.6 is 0 Å². The molecule has 0 unspecified atom stereocenters. The molecule has 7 heteroatoms. The largest absolute Gasteiger partial charge is 0.497 e. The van der Waals surface area contributed by atoms with E-state index in [0.717, 1.165) is 28.2 Å². The summed E-state index contributed by atoms with van der Waals surface area (Å²) in [6.45, 7) is 6.67. The van der Waals surface area contributed by atoms with E-state index in [2.05, 4.69) is 24.0 Å². The fourth-order valence-corrected chi connectivity index (χ4v) is 4.39. The van der Waals surface area contributed by atoms with Crippen LogP contribution in [0, 0.1) is 6.92 Å². The molecule has 0 saturated carbocycles. The third-order valence-electron chi connectivity index (χ3n) is 6.31. The molecule has 1 fully saturated rings. The van der Waals surface area contributed by atoms with E-state index in [1.54, 1.807) is 19.0 Å². The smallest absolute Gasteiger partial charge is 0.257 e. The molecule has 2 aromatic rings. The summed E-state index contributed by atoms with van der Waals surface area (Å²) in [5, 5.41) is 6.46. The Morgan fingerprint density at radius 1 is 1.03 bits per heavy atom. The van der Waals surface area contributed by atoms with Crippen molar-refractivity contribution in [3.63, 3.8) is 0 Å². The van der Waals surface area contributed by atoms with Gasteiger partial charge in [0.2, 0.25) is 5.91 Å². The fraction of sp³-hybridized carbons (Fsp3) is 0.400. The Morgan fingerprint density at radius 3 is 2.34 bits per heavy atom. The number of amides is 2. The molecule has 2 heterocycles. The summed E-state index contributed by atoms with van der Waals surface area (Å²) in [6.07, 6.45) is 0.668. The van der Waals surface area contributed by atoms with Crippen LogP contribution in [0.1, 0.15) is 36.1 Å². The summed E-state index contributed by atoms with van der Waals surface area (Å²) >= 11 is 0. The number of piperazine rings is 1. The molecular weight excluding hydrogens is 404 g/mol. The van der Waals surface area contributed by atoms with Crippen molar-refractivity contribution in [2.75, 3.05) is 39.8 Å². The lowest BCUT2D eigenvalue weighted by Gasteiger charge is -2.34. The highest BCUT2D eigenvalue weighted by molar-refractivity contribution is 6.03. The molecule has 4 rings (SSSR count). The monoisotopic (exact) mass is 434 g/mol. The van der Waals surface area contributed by atoms with Crippen LogP contribution in [0.4, 0.5) is 0 Å². The number of rotatable bonds is 5. The minimum absolute atomic E-state index is 0.0157. The van der Waals surface area contributed by atoms with Crippen molar-refractivity contribution in [2.45, 2.75) is 26.3 Å². The maximum atomic E-state index is 13.4. The van der Waals surface area contributed by atoms with Gasteiger partial charge in [0.1, 0.15) is 5.75 Å². The number of carbonyl (C=O) groups is 2. The molecule has 0 bridgehead atoms. The number of hydrogen-bond donors (Lipinski definition) is 0. The normalized spacial score (nSPS) is 19.1. The average Bonchev–Trinajstić information content (AvgIpc) is 3.25. The second kappa shape index (κ2) is 9.53. The van der Waals surface area contributed by atoms with Crippen molar-refractivity contribution in [1.82, 2.24) is 14.8 Å². The van der Waals surface area contributed by atoms with Gasteiger partial charge in [0.25, 0.3) is 5.91 Å². The van der Waals surface area contributed by atoms with Gasteiger partial charge in [0.05, 0.1) is 25.4 Å². The van der Waals surface area contributed by atoms with Crippen molar-refractivity contribution in [1.29, 1.82) is 0 Å².